The van der Waals surface area contributed by atoms with E-state index in [0.717, 1.165) is 5.75 Å². The quantitative estimate of drug-likeness (QED) is 0.799. The number of aryl methyl sites for hydroxylation is 3. The van der Waals surface area contributed by atoms with Crippen LogP contribution in [0.2, 0.25) is 0 Å². The molecule has 0 saturated heterocycles. The highest BCUT2D eigenvalue weighted by Crippen LogP contribution is 2.25. The van der Waals surface area contributed by atoms with Crippen molar-refractivity contribution in [3.05, 3.63) is 28.8 Å². The molecule has 0 spiro atoms. The summed E-state index contributed by atoms with van der Waals surface area (Å²) in [5.74, 6) is 0.980. The molecule has 0 aromatic heterocycles. The molecule has 1 atom stereocenters. The fourth-order valence-corrected chi connectivity index (χ4v) is 1.60. The van der Waals surface area contributed by atoms with Gasteiger partial charge in [-0.25, -0.2) is 0 Å². The molecule has 2 heteroatoms. The van der Waals surface area contributed by atoms with Crippen molar-refractivity contribution in [3.8, 4) is 5.75 Å². The molecule has 1 unspecified atom stereocenters. The molecular weight excluding hydrogens is 174 g/mol. The summed E-state index contributed by atoms with van der Waals surface area (Å²) >= 11 is 0. The number of hydrogen-bond acceptors (Lipinski definition) is 2. The highest BCUT2D eigenvalue weighted by atomic mass is 16.5. The van der Waals surface area contributed by atoms with Crippen LogP contribution in [0, 0.1) is 20.8 Å². The van der Waals surface area contributed by atoms with Crippen molar-refractivity contribution in [2.75, 3.05) is 6.54 Å². The highest BCUT2D eigenvalue weighted by molar-refractivity contribution is 5.43. The molecule has 0 amide bonds. The second kappa shape index (κ2) is 4.47. The van der Waals surface area contributed by atoms with Crippen LogP contribution in [0.3, 0.4) is 0 Å². The van der Waals surface area contributed by atoms with Crippen LogP contribution in [0.5, 0.6) is 5.75 Å². The van der Waals surface area contributed by atoms with E-state index in [0.29, 0.717) is 6.54 Å². The lowest BCUT2D eigenvalue weighted by atomic mass is 10.1. The minimum absolute atomic E-state index is 0.0788. The Morgan fingerprint density at radius 3 is 2.14 bits per heavy atom. The van der Waals surface area contributed by atoms with Crippen molar-refractivity contribution < 1.29 is 4.74 Å². The molecule has 0 heterocycles. The average molecular weight is 193 g/mol. The van der Waals surface area contributed by atoms with Crippen LogP contribution < -0.4 is 10.5 Å². The molecule has 78 valence electrons. The minimum atomic E-state index is 0.0788. The Labute approximate surface area is 86.1 Å². The minimum Gasteiger partial charge on any atom is -0.489 e. The molecule has 1 aromatic rings. The van der Waals surface area contributed by atoms with Gasteiger partial charge in [0.05, 0.1) is 0 Å². The first-order valence-electron chi connectivity index (χ1n) is 4.99. The van der Waals surface area contributed by atoms with Gasteiger partial charge in [-0.2, -0.15) is 0 Å². The zero-order chi connectivity index (χ0) is 10.7. The van der Waals surface area contributed by atoms with Crippen molar-refractivity contribution in [1.29, 1.82) is 0 Å². The summed E-state index contributed by atoms with van der Waals surface area (Å²) < 4.78 is 5.76. The number of benzene rings is 1. The Morgan fingerprint density at radius 1 is 1.21 bits per heavy atom. The molecule has 2 nitrogen and oxygen atoms in total. The molecule has 0 aliphatic carbocycles. The highest BCUT2D eigenvalue weighted by Gasteiger charge is 2.07. The van der Waals surface area contributed by atoms with Crippen LogP contribution in [-0.4, -0.2) is 12.6 Å². The normalized spacial score (nSPS) is 12.6. The van der Waals surface area contributed by atoms with Crippen molar-refractivity contribution in [2.24, 2.45) is 5.73 Å². The molecule has 0 aliphatic rings. The topological polar surface area (TPSA) is 35.2 Å². The van der Waals surface area contributed by atoms with Crippen molar-refractivity contribution in [1.82, 2.24) is 0 Å². The number of rotatable bonds is 3. The first-order chi connectivity index (χ1) is 6.54. The summed E-state index contributed by atoms with van der Waals surface area (Å²) in [5, 5.41) is 0. The van der Waals surface area contributed by atoms with E-state index in [1.165, 1.54) is 16.7 Å². The Bertz CT molecular complexity index is 297. The van der Waals surface area contributed by atoms with E-state index in [4.69, 9.17) is 10.5 Å². The lowest BCUT2D eigenvalue weighted by Crippen LogP contribution is -2.23. The SMILES string of the molecule is Cc1cc(C)c(OC(C)CN)c(C)c1. The third kappa shape index (κ3) is 2.48. The average Bonchev–Trinajstić information content (AvgIpc) is 2.10. The first kappa shape index (κ1) is 11.1. The smallest absolute Gasteiger partial charge is 0.125 e. The Kier molecular flexibility index (Phi) is 3.53. The lowest BCUT2D eigenvalue weighted by Gasteiger charge is -2.17. The zero-order valence-electron chi connectivity index (χ0n) is 9.42. The molecule has 14 heavy (non-hydrogen) atoms. The molecule has 0 saturated carbocycles. The first-order valence-corrected chi connectivity index (χ1v) is 4.99. The second-order valence-electron chi connectivity index (χ2n) is 3.89. The van der Waals surface area contributed by atoms with Gasteiger partial charge in [-0.3, -0.25) is 0 Å². The summed E-state index contributed by atoms with van der Waals surface area (Å²) in [5.41, 5.74) is 9.16. The standard InChI is InChI=1S/C12H19NO/c1-8-5-9(2)12(10(3)6-8)14-11(4)7-13/h5-6,11H,7,13H2,1-4H3. The fourth-order valence-electron chi connectivity index (χ4n) is 1.60. The molecule has 0 radical (unpaired) electrons. The number of ether oxygens (including phenoxy) is 1. The number of nitrogens with two attached hydrogens (primary N) is 1. The van der Waals surface area contributed by atoms with Crippen molar-refractivity contribution in [2.45, 2.75) is 33.8 Å². The summed E-state index contributed by atoms with van der Waals surface area (Å²) in [4.78, 5) is 0. The Balaban J connectivity index is 2.96. The van der Waals surface area contributed by atoms with Crippen LogP contribution in [0.1, 0.15) is 23.6 Å². The van der Waals surface area contributed by atoms with E-state index >= 15 is 0 Å². The molecule has 0 aliphatic heterocycles. The van der Waals surface area contributed by atoms with Gasteiger partial charge < -0.3 is 10.5 Å². The molecule has 0 bridgehead atoms. The van der Waals surface area contributed by atoms with Gasteiger partial charge in [0.1, 0.15) is 11.9 Å². The van der Waals surface area contributed by atoms with Crippen molar-refractivity contribution >= 4 is 0 Å². The fraction of sp³-hybridized carbons (Fsp3) is 0.500. The summed E-state index contributed by atoms with van der Waals surface area (Å²) in [6, 6.07) is 4.26. The molecule has 0 fully saturated rings. The monoisotopic (exact) mass is 193 g/mol. The van der Waals surface area contributed by atoms with Gasteiger partial charge >= 0.3 is 0 Å². The zero-order valence-corrected chi connectivity index (χ0v) is 9.42. The molecule has 2 N–H and O–H groups in total. The van der Waals surface area contributed by atoms with Crippen molar-refractivity contribution in [3.63, 3.8) is 0 Å². The maximum Gasteiger partial charge on any atom is 0.125 e. The van der Waals surface area contributed by atoms with Gasteiger partial charge in [0.25, 0.3) is 0 Å². The van der Waals surface area contributed by atoms with Gasteiger partial charge in [0.2, 0.25) is 0 Å². The second-order valence-corrected chi connectivity index (χ2v) is 3.89. The van der Waals surface area contributed by atoms with Crippen LogP contribution in [0.4, 0.5) is 0 Å². The van der Waals surface area contributed by atoms with E-state index < -0.39 is 0 Å². The molecule has 1 aromatic carbocycles. The molecular formula is C12H19NO. The van der Waals surface area contributed by atoms with Crippen LogP contribution in [0.15, 0.2) is 12.1 Å². The van der Waals surface area contributed by atoms with Crippen LogP contribution >= 0.6 is 0 Å². The summed E-state index contributed by atoms with van der Waals surface area (Å²) in [7, 11) is 0. The Hall–Kier alpha value is -1.02. The maximum absolute atomic E-state index is 5.76. The summed E-state index contributed by atoms with van der Waals surface area (Å²) in [6.07, 6.45) is 0.0788. The predicted molar refractivity (Wildman–Crippen MR) is 59.8 cm³/mol. The van der Waals surface area contributed by atoms with E-state index in [1.54, 1.807) is 0 Å². The third-order valence-electron chi connectivity index (χ3n) is 2.26. The Morgan fingerprint density at radius 2 is 1.71 bits per heavy atom. The van der Waals surface area contributed by atoms with Gasteiger partial charge in [0.15, 0.2) is 0 Å². The van der Waals surface area contributed by atoms with E-state index in [9.17, 15) is 0 Å². The van der Waals surface area contributed by atoms with E-state index in [2.05, 4.69) is 32.9 Å². The summed E-state index contributed by atoms with van der Waals surface area (Å²) in [6.45, 7) is 8.76. The lowest BCUT2D eigenvalue weighted by molar-refractivity contribution is 0.227. The van der Waals surface area contributed by atoms with Gasteiger partial charge in [-0.15, -0.1) is 0 Å². The largest absolute Gasteiger partial charge is 0.489 e. The van der Waals surface area contributed by atoms with Gasteiger partial charge in [0, 0.05) is 6.54 Å². The van der Waals surface area contributed by atoms with Crippen LogP contribution in [0.25, 0.3) is 0 Å². The third-order valence-corrected chi connectivity index (χ3v) is 2.26. The van der Waals surface area contributed by atoms with Crippen LogP contribution in [-0.2, 0) is 0 Å². The predicted octanol–water partition coefficient (Wildman–Crippen LogP) is 2.34. The van der Waals surface area contributed by atoms with Gasteiger partial charge in [-0.05, 0) is 38.8 Å². The number of hydrogen-bond donors (Lipinski definition) is 1. The maximum atomic E-state index is 5.76. The molecule has 1 rings (SSSR count). The van der Waals surface area contributed by atoms with E-state index in [1.807, 2.05) is 6.92 Å². The van der Waals surface area contributed by atoms with Gasteiger partial charge in [-0.1, -0.05) is 17.7 Å². The van der Waals surface area contributed by atoms with E-state index in [-0.39, 0.29) is 6.10 Å².